The van der Waals surface area contributed by atoms with E-state index in [1.54, 1.807) is 16.9 Å². The van der Waals surface area contributed by atoms with E-state index in [1.165, 1.54) is 11.3 Å². The van der Waals surface area contributed by atoms with E-state index >= 15 is 0 Å². The Morgan fingerprint density at radius 3 is 2.62 bits per heavy atom. The third kappa shape index (κ3) is 2.74. The van der Waals surface area contributed by atoms with Gasteiger partial charge in [0, 0.05) is 18.0 Å². The minimum Gasteiger partial charge on any atom is -0.277 e. The Bertz CT molecular complexity index is 1040. The standard InChI is InChI=1S/C16H13N7S/c1-11-15(20-18-13-5-3-2-4-6-13)24-16-21-19-14(23(16)22-11)12-7-9-17-10-8-12/h2-10,18H,1H3/b20-15+. The molecule has 0 saturated carbocycles. The summed E-state index contributed by atoms with van der Waals surface area (Å²) in [6, 6.07) is 13.5. The normalized spacial score (nSPS) is 11.8. The van der Waals surface area contributed by atoms with Crippen LogP contribution in [-0.2, 0) is 0 Å². The number of hydrogen-bond donors (Lipinski definition) is 1. The highest BCUT2D eigenvalue weighted by Crippen LogP contribution is 2.17. The number of anilines is 1. The van der Waals surface area contributed by atoms with Crippen LogP contribution in [0.4, 0.5) is 5.69 Å². The van der Waals surface area contributed by atoms with Crippen molar-refractivity contribution in [1.82, 2.24) is 24.8 Å². The van der Waals surface area contributed by atoms with E-state index in [1.807, 2.05) is 49.4 Å². The molecule has 0 radical (unpaired) electrons. The summed E-state index contributed by atoms with van der Waals surface area (Å²) in [4.78, 5) is 4.70. The fourth-order valence-corrected chi connectivity index (χ4v) is 2.93. The van der Waals surface area contributed by atoms with Crippen LogP contribution in [0.25, 0.3) is 16.3 Å². The lowest BCUT2D eigenvalue weighted by atomic mass is 10.2. The van der Waals surface area contributed by atoms with Gasteiger partial charge in [0.1, 0.15) is 0 Å². The summed E-state index contributed by atoms with van der Waals surface area (Å²) in [5, 5.41) is 17.4. The molecule has 0 fully saturated rings. The molecule has 4 rings (SSSR count). The monoisotopic (exact) mass is 335 g/mol. The molecule has 0 spiro atoms. The zero-order valence-corrected chi connectivity index (χ0v) is 13.6. The highest BCUT2D eigenvalue weighted by atomic mass is 32.1. The van der Waals surface area contributed by atoms with Crippen LogP contribution in [0.1, 0.15) is 5.69 Å². The second-order valence-corrected chi connectivity index (χ2v) is 5.99. The summed E-state index contributed by atoms with van der Waals surface area (Å²) in [7, 11) is 0. The van der Waals surface area contributed by atoms with E-state index in [-0.39, 0.29) is 0 Å². The fraction of sp³-hybridized carbons (Fsp3) is 0.0625. The molecular formula is C16H13N7S. The number of pyridine rings is 1. The van der Waals surface area contributed by atoms with E-state index in [0.717, 1.165) is 21.6 Å². The number of rotatable bonds is 3. The van der Waals surface area contributed by atoms with Gasteiger partial charge in [-0.15, -0.1) is 10.2 Å². The maximum absolute atomic E-state index is 4.57. The molecule has 0 atom stereocenters. The first-order valence-electron chi connectivity index (χ1n) is 7.29. The van der Waals surface area contributed by atoms with Crippen LogP contribution in [0.5, 0.6) is 0 Å². The smallest absolute Gasteiger partial charge is 0.235 e. The molecule has 0 bridgehead atoms. The summed E-state index contributed by atoms with van der Waals surface area (Å²) in [5.41, 5.74) is 5.67. The van der Waals surface area contributed by atoms with Gasteiger partial charge < -0.3 is 0 Å². The lowest BCUT2D eigenvalue weighted by Crippen LogP contribution is -2.11. The highest BCUT2D eigenvalue weighted by Gasteiger charge is 2.11. The Morgan fingerprint density at radius 2 is 1.83 bits per heavy atom. The van der Waals surface area contributed by atoms with Crippen molar-refractivity contribution in [3.05, 3.63) is 65.2 Å². The van der Waals surface area contributed by atoms with Crippen LogP contribution in [0.15, 0.2) is 60.0 Å². The Labute approximate surface area is 141 Å². The first-order valence-corrected chi connectivity index (χ1v) is 8.11. The van der Waals surface area contributed by atoms with E-state index in [2.05, 4.69) is 30.8 Å². The molecule has 24 heavy (non-hydrogen) atoms. The molecule has 0 unspecified atom stereocenters. The van der Waals surface area contributed by atoms with Crippen molar-refractivity contribution in [2.24, 2.45) is 5.10 Å². The van der Waals surface area contributed by atoms with Crippen LogP contribution in [-0.4, -0.2) is 24.8 Å². The lowest BCUT2D eigenvalue weighted by molar-refractivity contribution is 0.901. The molecular weight excluding hydrogens is 322 g/mol. The summed E-state index contributed by atoms with van der Waals surface area (Å²) in [6.45, 7) is 1.91. The molecule has 0 aliphatic carbocycles. The van der Waals surface area contributed by atoms with Gasteiger partial charge in [-0.2, -0.15) is 14.7 Å². The summed E-state index contributed by atoms with van der Waals surface area (Å²) >= 11 is 1.43. The van der Waals surface area contributed by atoms with Crippen LogP contribution in [0.3, 0.4) is 0 Å². The Hall–Kier alpha value is -3.13. The molecule has 118 valence electrons. The minimum atomic E-state index is 0.682. The maximum atomic E-state index is 4.57. The van der Waals surface area contributed by atoms with Crippen molar-refractivity contribution in [1.29, 1.82) is 0 Å². The average molecular weight is 335 g/mol. The van der Waals surface area contributed by atoms with E-state index in [0.29, 0.717) is 10.8 Å². The molecule has 3 heterocycles. The molecule has 0 amide bonds. The van der Waals surface area contributed by atoms with Crippen molar-refractivity contribution in [3.63, 3.8) is 0 Å². The van der Waals surface area contributed by atoms with Crippen LogP contribution < -0.4 is 10.1 Å². The lowest BCUT2D eigenvalue weighted by Gasteiger charge is -2.01. The Kier molecular flexibility index (Phi) is 3.72. The van der Waals surface area contributed by atoms with Gasteiger partial charge in [-0.3, -0.25) is 10.4 Å². The van der Waals surface area contributed by atoms with Crippen LogP contribution in [0.2, 0.25) is 0 Å². The number of para-hydroxylation sites is 1. The number of hydrogen-bond acceptors (Lipinski definition) is 7. The molecule has 3 aromatic heterocycles. The second kappa shape index (κ2) is 6.17. The molecule has 0 saturated heterocycles. The zero-order valence-electron chi connectivity index (χ0n) is 12.8. The number of fused-ring (bicyclic) bond motifs is 1. The number of aryl methyl sites for hydroxylation is 1. The van der Waals surface area contributed by atoms with E-state index < -0.39 is 0 Å². The third-order valence-electron chi connectivity index (χ3n) is 3.36. The number of aromatic nitrogens is 5. The summed E-state index contributed by atoms with van der Waals surface area (Å²) in [5.74, 6) is 0.689. The SMILES string of the molecule is Cc1nn2c(-c3ccncc3)nnc2s/c1=N/Nc1ccccc1. The van der Waals surface area contributed by atoms with Gasteiger partial charge >= 0.3 is 0 Å². The minimum absolute atomic E-state index is 0.682. The van der Waals surface area contributed by atoms with Crippen LogP contribution in [0, 0.1) is 6.92 Å². The largest absolute Gasteiger partial charge is 0.277 e. The predicted octanol–water partition coefficient (Wildman–Crippen LogP) is 2.48. The quantitative estimate of drug-likeness (QED) is 0.582. The van der Waals surface area contributed by atoms with Crippen LogP contribution >= 0.6 is 11.3 Å². The van der Waals surface area contributed by atoms with Gasteiger partial charge in [-0.05, 0) is 31.2 Å². The Morgan fingerprint density at radius 1 is 1.04 bits per heavy atom. The number of nitrogens with zero attached hydrogens (tertiary/aromatic N) is 6. The average Bonchev–Trinajstić information content (AvgIpc) is 3.04. The molecule has 0 aliphatic heterocycles. The maximum Gasteiger partial charge on any atom is 0.235 e. The van der Waals surface area contributed by atoms with Gasteiger partial charge in [-0.1, -0.05) is 29.5 Å². The molecule has 0 aliphatic rings. The first kappa shape index (κ1) is 14.5. The van der Waals surface area contributed by atoms with Gasteiger partial charge in [0.05, 0.1) is 11.4 Å². The molecule has 1 N–H and O–H groups in total. The first-order chi connectivity index (χ1) is 11.8. The predicted molar refractivity (Wildman–Crippen MR) is 92.3 cm³/mol. The highest BCUT2D eigenvalue weighted by molar-refractivity contribution is 7.14. The molecule has 7 nitrogen and oxygen atoms in total. The number of nitrogens with one attached hydrogen (secondary N) is 1. The third-order valence-corrected chi connectivity index (χ3v) is 4.38. The summed E-state index contributed by atoms with van der Waals surface area (Å²) < 4.78 is 2.50. The number of benzene rings is 1. The zero-order chi connectivity index (χ0) is 16.4. The van der Waals surface area contributed by atoms with Crippen molar-refractivity contribution in [2.75, 3.05) is 5.43 Å². The van der Waals surface area contributed by atoms with Gasteiger partial charge in [-0.25, -0.2) is 0 Å². The second-order valence-electron chi connectivity index (χ2n) is 5.04. The van der Waals surface area contributed by atoms with Gasteiger partial charge in [0.25, 0.3) is 0 Å². The fourth-order valence-electron chi connectivity index (χ4n) is 2.19. The van der Waals surface area contributed by atoms with Crippen molar-refractivity contribution in [3.8, 4) is 11.4 Å². The van der Waals surface area contributed by atoms with Gasteiger partial charge in [0.15, 0.2) is 10.5 Å². The Balaban J connectivity index is 1.76. The molecule has 4 aromatic rings. The van der Waals surface area contributed by atoms with Gasteiger partial charge in [0.2, 0.25) is 4.96 Å². The van der Waals surface area contributed by atoms with Crippen molar-refractivity contribution < 1.29 is 0 Å². The summed E-state index contributed by atoms with van der Waals surface area (Å²) in [6.07, 6.45) is 3.44. The molecule has 1 aromatic carbocycles. The van der Waals surface area contributed by atoms with E-state index in [9.17, 15) is 0 Å². The topological polar surface area (TPSA) is 80.4 Å². The van der Waals surface area contributed by atoms with Crippen molar-refractivity contribution in [2.45, 2.75) is 6.92 Å². The van der Waals surface area contributed by atoms with Crippen molar-refractivity contribution >= 4 is 22.0 Å². The van der Waals surface area contributed by atoms with E-state index in [4.69, 9.17) is 0 Å². The molecule has 8 heteroatoms.